The normalized spacial score (nSPS) is 18.0. The molecule has 8 nitrogen and oxygen atoms in total. The van der Waals surface area contributed by atoms with Crippen LogP contribution in [0.5, 0.6) is 11.5 Å². The molecule has 30 heavy (non-hydrogen) atoms. The first-order valence-electron chi connectivity index (χ1n) is 9.95. The summed E-state index contributed by atoms with van der Waals surface area (Å²) < 4.78 is 11.2. The number of aryl methyl sites for hydroxylation is 1. The summed E-state index contributed by atoms with van der Waals surface area (Å²) in [5.41, 5.74) is 1.60. The summed E-state index contributed by atoms with van der Waals surface area (Å²) in [7, 11) is 0. The lowest BCUT2D eigenvalue weighted by Crippen LogP contribution is -2.38. The topological polar surface area (TPSA) is 97.0 Å². The van der Waals surface area contributed by atoms with Crippen LogP contribution < -0.4 is 20.1 Å². The minimum absolute atomic E-state index is 0.346. The van der Waals surface area contributed by atoms with Crippen molar-refractivity contribution in [3.8, 4) is 11.5 Å². The van der Waals surface area contributed by atoms with Crippen LogP contribution in [0.4, 0.5) is 10.5 Å². The molecule has 2 heterocycles. The molecule has 4 amide bonds. The van der Waals surface area contributed by atoms with E-state index in [-0.39, 0.29) is 12.5 Å². The van der Waals surface area contributed by atoms with E-state index in [9.17, 15) is 14.4 Å². The Balaban J connectivity index is 1.33. The molecule has 0 saturated carbocycles. The molecular formula is C22H23N3O5. The highest BCUT2D eigenvalue weighted by molar-refractivity contribution is 6.07. The second kappa shape index (κ2) is 8.86. The van der Waals surface area contributed by atoms with Crippen LogP contribution in [0.3, 0.4) is 0 Å². The monoisotopic (exact) mass is 409 g/mol. The second-order valence-corrected chi connectivity index (χ2v) is 7.21. The molecule has 0 spiro atoms. The highest BCUT2D eigenvalue weighted by Crippen LogP contribution is 2.32. The summed E-state index contributed by atoms with van der Waals surface area (Å²) in [6.07, 6.45) is 1.93. The van der Waals surface area contributed by atoms with E-state index in [0.29, 0.717) is 43.2 Å². The molecular weight excluding hydrogens is 386 g/mol. The van der Waals surface area contributed by atoms with Crippen LogP contribution in [0, 0.1) is 0 Å². The maximum absolute atomic E-state index is 12.6. The van der Waals surface area contributed by atoms with Gasteiger partial charge >= 0.3 is 6.03 Å². The van der Waals surface area contributed by atoms with Crippen molar-refractivity contribution < 1.29 is 23.9 Å². The summed E-state index contributed by atoms with van der Waals surface area (Å²) in [6.45, 7) is 0.772. The Morgan fingerprint density at radius 3 is 2.63 bits per heavy atom. The number of hydrogen-bond donors (Lipinski definition) is 2. The van der Waals surface area contributed by atoms with Gasteiger partial charge in [-0.15, -0.1) is 0 Å². The van der Waals surface area contributed by atoms with E-state index >= 15 is 0 Å². The lowest BCUT2D eigenvalue weighted by Gasteiger charge is -2.14. The highest BCUT2D eigenvalue weighted by Gasteiger charge is 2.38. The number of fused-ring (bicyclic) bond motifs is 1. The van der Waals surface area contributed by atoms with Gasteiger partial charge in [0.25, 0.3) is 5.91 Å². The SMILES string of the molecule is O=C(CN1C(=O)N[C@H](CCc2ccccc2)C1=O)Nc1ccc2c(c1)OCCCO2. The first-order chi connectivity index (χ1) is 14.6. The number of nitrogens with one attached hydrogen (secondary N) is 2. The Morgan fingerprint density at radius 2 is 1.83 bits per heavy atom. The highest BCUT2D eigenvalue weighted by atomic mass is 16.5. The summed E-state index contributed by atoms with van der Waals surface area (Å²) in [5.74, 6) is 0.337. The van der Waals surface area contributed by atoms with E-state index in [1.165, 1.54) is 0 Å². The first-order valence-corrected chi connectivity index (χ1v) is 9.95. The van der Waals surface area contributed by atoms with Crippen LogP contribution in [-0.4, -0.2) is 48.5 Å². The molecule has 0 bridgehead atoms. The van der Waals surface area contributed by atoms with Crippen LogP contribution in [-0.2, 0) is 16.0 Å². The Kier molecular flexibility index (Phi) is 5.83. The minimum atomic E-state index is -0.622. The number of carbonyl (C=O) groups is 3. The molecule has 2 aliphatic rings. The van der Waals surface area contributed by atoms with Crippen LogP contribution >= 0.6 is 0 Å². The number of urea groups is 1. The number of rotatable bonds is 6. The van der Waals surface area contributed by atoms with Gasteiger partial charge < -0.3 is 20.1 Å². The summed E-state index contributed by atoms with van der Waals surface area (Å²) in [5, 5.41) is 5.37. The van der Waals surface area contributed by atoms with Crippen molar-refractivity contribution >= 4 is 23.5 Å². The number of carbonyl (C=O) groups excluding carboxylic acids is 3. The lowest BCUT2D eigenvalue weighted by atomic mass is 10.1. The largest absolute Gasteiger partial charge is 0.490 e. The zero-order chi connectivity index (χ0) is 20.9. The van der Waals surface area contributed by atoms with Gasteiger partial charge in [0.15, 0.2) is 11.5 Å². The van der Waals surface area contributed by atoms with E-state index in [2.05, 4.69) is 10.6 Å². The molecule has 2 aromatic rings. The molecule has 1 saturated heterocycles. The summed E-state index contributed by atoms with van der Waals surface area (Å²) in [6, 6.07) is 13.7. The molecule has 0 aromatic heterocycles. The fourth-order valence-corrected chi connectivity index (χ4v) is 3.46. The maximum atomic E-state index is 12.6. The van der Waals surface area contributed by atoms with Gasteiger partial charge in [-0.1, -0.05) is 30.3 Å². The van der Waals surface area contributed by atoms with Gasteiger partial charge in [-0.25, -0.2) is 4.79 Å². The second-order valence-electron chi connectivity index (χ2n) is 7.21. The van der Waals surface area contributed by atoms with Crippen molar-refractivity contribution in [2.24, 2.45) is 0 Å². The van der Waals surface area contributed by atoms with E-state index in [1.807, 2.05) is 30.3 Å². The van der Waals surface area contributed by atoms with Crippen molar-refractivity contribution in [3.05, 3.63) is 54.1 Å². The number of ether oxygens (including phenoxy) is 2. The fourth-order valence-electron chi connectivity index (χ4n) is 3.46. The van der Waals surface area contributed by atoms with E-state index in [4.69, 9.17) is 9.47 Å². The number of amides is 4. The number of anilines is 1. The third-order valence-electron chi connectivity index (χ3n) is 5.00. The average Bonchev–Trinajstić information content (AvgIpc) is 2.91. The molecule has 0 unspecified atom stereocenters. The number of nitrogens with zero attached hydrogens (tertiary/aromatic N) is 1. The maximum Gasteiger partial charge on any atom is 0.325 e. The Bertz CT molecular complexity index is 947. The van der Waals surface area contributed by atoms with Crippen molar-refractivity contribution in [2.75, 3.05) is 25.1 Å². The molecule has 2 aromatic carbocycles. The number of hydrogen-bond acceptors (Lipinski definition) is 5. The third-order valence-corrected chi connectivity index (χ3v) is 5.00. The van der Waals surface area contributed by atoms with Crippen LogP contribution in [0.2, 0.25) is 0 Å². The zero-order valence-corrected chi connectivity index (χ0v) is 16.4. The van der Waals surface area contributed by atoms with Gasteiger partial charge in [0.05, 0.1) is 13.2 Å². The molecule has 156 valence electrons. The quantitative estimate of drug-likeness (QED) is 0.714. The van der Waals surface area contributed by atoms with Crippen molar-refractivity contribution in [2.45, 2.75) is 25.3 Å². The standard InChI is InChI=1S/C22H23N3O5/c26-20(23-16-8-10-18-19(13-16)30-12-4-11-29-18)14-25-21(27)17(24-22(25)28)9-7-15-5-2-1-3-6-15/h1-3,5-6,8,10,13,17H,4,7,9,11-12,14H2,(H,23,26)(H,24,28)/t17-/m1/s1. The van der Waals surface area contributed by atoms with Crippen molar-refractivity contribution in [3.63, 3.8) is 0 Å². The third kappa shape index (κ3) is 4.53. The zero-order valence-electron chi connectivity index (χ0n) is 16.4. The molecule has 2 N–H and O–H groups in total. The van der Waals surface area contributed by atoms with Crippen molar-refractivity contribution in [1.82, 2.24) is 10.2 Å². The molecule has 1 fully saturated rings. The minimum Gasteiger partial charge on any atom is -0.490 e. The summed E-state index contributed by atoms with van der Waals surface area (Å²) >= 11 is 0. The first kappa shape index (κ1) is 19.8. The average molecular weight is 409 g/mol. The number of imide groups is 1. The molecule has 2 aliphatic heterocycles. The molecule has 0 radical (unpaired) electrons. The van der Waals surface area contributed by atoms with Gasteiger partial charge in [0, 0.05) is 18.2 Å². The van der Waals surface area contributed by atoms with Gasteiger partial charge in [0.1, 0.15) is 12.6 Å². The predicted molar refractivity (Wildman–Crippen MR) is 109 cm³/mol. The van der Waals surface area contributed by atoms with E-state index < -0.39 is 18.0 Å². The van der Waals surface area contributed by atoms with Crippen LogP contribution in [0.25, 0.3) is 0 Å². The molecule has 0 aliphatic carbocycles. The predicted octanol–water partition coefficient (Wildman–Crippen LogP) is 2.34. The van der Waals surface area contributed by atoms with Gasteiger partial charge in [-0.3, -0.25) is 14.5 Å². The van der Waals surface area contributed by atoms with Crippen molar-refractivity contribution in [1.29, 1.82) is 0 Å². The fraction of sp³-hybridized carbons (Fsp3) is 0.318. The van der Waals surface area contributed by atoms with Crippen LogP contribution in [0.1, 0.15) is 18.4 Å². The lowest BCUT2D eigenvalue weighted by molar-refractivity contribution is -0.130. The Morgan fingerprint density at radius 1 is 1.07 bits per heavy atom. The summed E-state index contributed by atoms with van der Waals surface area (Å²) in [4.78, 5) is 38.2. The van der Waals surface area contributed by atoms with Gasteiger partial charge in [-0.05, 0) is 30.5 Å². The Labute approximate surface area is 174 Å². The van der Waals surface area contributed by atoms with Crippen LogP contribution in [0.15, 0.2) is 48.5 Å². The van der Waals surface area contributed by atoms with Gasteiger partial charge in [-0.2, -0.15) is 0 Å². The number of benzene rings is 2. The molecule has 1 atom stereocenters. The van der Waals surface area contributed by atoms with E-state index in [0.717, 1.165) is 16.9 Å². The van der Waals surface area contributed by atoms with E-state index in [1.54, 1.807) is 18.2 Å². The molecule has 4 rings (SSSR count). The smallest absolute Gasteiger partial charge is 0.325 e. The Hall–Kier alpha value is -3.55. The van der Waals surface area contributed by atoms with Gasteiger partial charge in [0.2, 0.25) is 5.91 Å². The molecule has 8 heteroatoms.